The van der Waals surface area contributed by atoms with E-state index in [1.807, 2.05) is 38.1 Å². The van der Waals surface area contributed by atoms with Crippen molar-refractivity contribution in [3.05, 3.63) is 46.8 Å². The number of hydrogen-bond donors (Lipinski definition) is 1. The Morgan fingerprint density at radius 2 is 1.90 bits per heavy atom. The quantitative estimate of drug-likeness (QED) is 0.930. The predicted molar refractivity (Wildman–Crippen MR) is 77.8 cm³/mol. The van der Waals surface area contributed by atoms with Gasteiger partial charge in [-0.3, -0.25) is 4.79 Å². The maximum atomic E-state index is 11.8. The van der Waals surface area contributed by atoms with Gasteiger partial charge in [0.1, 0.15) is 5.76 Å². The third kappa shape index (κ3) is 2.99. The molecule has 1 aromatic carbocycles. The van der Waals surface area contributed by atoms with Gasteiger partial charge in [-0.25, -0.2) is 0 Å². The molecule has 5 nitrogen and oxygen atoms in total. The van der Waals surface area contributed by atoms with Gasteiger partial charge in [-0.15, -0.1) is 0 Å². The van der Waals surface area contributed by atoms with Gasteiger partial charge in [-0.05, 0) is 38.1 Å². The predicted octanol–water partition coefficient (Wildman–Crippen LogP) is 2.61. The average molecular weight is 273 g/mol. The standard InChI is InChI=1S/C15H19N3O2/c1-10-14(11(2)20-17-10)9-16-13-7-5-12(6-8-13)15(19)18(3)4/h5-8,16H,9H2,1-4H3. The number of carbonyl (C=O) groups is 1. The lowest BCUT2D eigenvalue weighted by atomic mass is 10.1. The summed E-state index contributed by atoms with van der Waals surface area (Å²) >= 11 is 0. The summed E-state index contributed by atoms with van der Waals surface area (Å²) < 4.78 is 5.12. The van der Waals surface area contributed by atoms with Gasteiger partial charge in [0, 0.05) is 37.5 Å². The van der Waals surface area contributed by atoms with Crippen LogP contribution < -0.4 is 5.32 Å². The van der Waals surface area contributed by atoms with E-state index in [9.17, 15) is 4.79 Å². The van der Waals surface area contributed by atoms with Crippen LogP contribution in [0, 0.1) is 13.8 Å². The van der Waals surface area contributed by atoms with E-state index in [4.69, 9.17) is 4.52 Å². The molecule has 1 heterocycles. The molecule has 0 saturated heterocycles. The van der Waals surface area contributed by atoms with E-state index < -0.39 is 0 Å². The summed E-state index contributed by atoms with van der Waals surface area (Å²) in [5.41, 5.74) is 3.60. The molecule has 0 aliphatic heterocycles. The van der Waals surface area contributed by atoms with Crippen molar-refractivity contribution < 1.29 is 9.32 Å². The van der Waals surface area contributed by atoms with Gasteiger partial charge in [-0.2, -0.15) is 0 Å². The molecule has 5 heteroatoms. The fourth-order valence-corrected chi connectivity index (χ4v) is 1.93. The molecule has 0 fully saturated rings. The largest absolute Gasteiger partial charge is 0.381 e. The number of amides is 1. The zero-order chi connectivity index (χ0) is 14.7. The number of rotatable bonds is 4. The van der Waals surface area contributed by atoms with E-state index in [1.54, 1.807) is 19.0 Å². The molecule has 106 valence electrons. The van der Waals surface area contributed by atoms with Gasteiger partial charge in [0.15, 0.2) is 0 Å². The highest BCUT2D eigenvalue weighted by atomic mass is 16.5. The Kier molecular flexibility index (Phi) is 4.08. The summed E-state index contributed by atoms with van der Waals surface area (Å²) in [5.74, 6) is 0.830. The number of nitrogens with zero attached hydrogens (tertiary/aromatic N) is 2. The minimum absolute atomic E-state index is 0.00211. The first-order valence-corrected chi connectivity index (χ1v) is 6.46. The highest BCUT2D eigenvalue weighted by Crippen LogP contribution is 2.16. The van der Waals surface area contributed by atoms with Crippen LogP contribution in [0.1, 0.15) is 27.4 Å². The second-order valence-electron chi connectivity index (χ2n) is 4.93. The van der Waals surface area contributed by atoms with Crippen molar-refractivity contribution in [1.29, 1.82) is 0 Å². The van der Waals surface area contributed by atoms with Crippen LogP contribution >= 0.6 is 0 Å². The van der Waals surface area contributed by atoms with Crippen LogP contribution in [0.2, 0.25) is 0 Å². The van der Waals surface area contributed by atoms with Crippen molar-refractivity contribution in [2.24, 2.45) is 0 Å². The summed E-state index contributed by atoms with van der Waals surface area (Å²) in [6.07, 6.45) is 0. The van der Waals surface area contributed by atoms with Gasteiger partial charge in [-0.1, -0.05) is 5.16 Å². The van der Waals surface area contributed by atoms with Crippen LogP contribution in [0.15, 0.2) is 28.8 Å². The van der Waals surface area contributed by atoms with Crippen molar-refractivity contribution in [2.45, 2.75) is 20.4 Å². The van der Waals surface area contributed by atoms with E-state index in [2.05, 4.69) is 10.5 Å². The second kappa shape index (κ2) is 5.77. The van der Waals surface area contributed by atoms with E-state index in [0.29, 0.717) is 12.1 Å². The first-order valence-electron chi connectivity index (χ1n) is 6.46. The van der Waals surface area contributed by atoms with E-state index in [0.717, 1.165) is 22.7 Å². The lowest BCUT2D eigenvalue weighted by Gasteiger charge is -2.11. The molecule has 1 aromatic heterocycles. The van der Waals surface area contributed by atoms with Crippen molar-refractivity contribution in [3.8, 4) is 0 Å². The minimum atomic E-state index is 0.00211. The van der Waals surface area contributed by atoms with Crippen LogP contribution in [0.3, 0.4) is 0 Å². The Labute approximate surface area is 118 Å². The third-order valence-corrected chi connectivity index (χ3v) is 3.19. The van der Waals surface area contributed by atoms with Crippen LogP contribution in [0.4, 0.5) is 5.69 Å². The maximum absolute atomic E-state index is 11.8. The first kappa shape index (κ1) is 14.1. The number of hydrogen-bond acceptors (Lipinski definition) is 4. The first-order chi connectivity index (χ1) is 9.49. The minimum Gasteiger partial charge on any atom is -0.381 e. The van der Waals surface area contributed by atoms with Crippen molar-refractivity contribution >= 4 is 11.6 Å². The van der Waals surface area contributed by atoms with E-state index in [1.165, 1.54) is 0 Å². The number of nitrogens with one attached hydrogen (secondary N) is 1. The van der Waals surface area contributed by atoms with E-state index in [-0.39, 0.29) is 5.91 Å². The summed E-state index contributed by atoms with van der Waals surface area (Å²) in [7, 11) is 3.48. The van der Waals surface area contributed by atoms with Gasteiger partial charge < -0.3 is 14.7 Å². The highest BCUT2D eigenvalue weighted by Gasteiger charge is 2.09. The second-order valence-corrected chi connectivity index (χ2v) is 4.93. The van der Waals surface area contributed by atoms with Crippen LogP contribution in [0.5, 0.6) is 0 Å². The number of benzene rings is 1. The fraction of sp³-hybridized carbons (Fsp3) is 0.333. The van der Waals surface area contributed by atoms with Gasteiger partial charge in [0.25, 0.3) is 5.91 Å². The van der Waals surface area contributed by atoms with Crippen LogP contribution in [-0.4, -0.2) is 30.1 Å². The Hall–Kier alpha value is -2.30. The lowest BCUT2D eigenvalue weighted by Crippen LogP contribution is -2.21. The molecule has 1 amide bonds. The Morgan fingerprint density at radius 1 is 1.25 bits per heavy atom. The zero-order valence-electron chi connectivity index (χ0n) is 12.2. The molecule has 0 radical (unpaired) electrons. The molecule has 0 spiro atoms. The summed E-state index contributed by atoms with van der Waals surface area (Å²) in [6, 6.07) is 7.43. The molecule has 0 aliphatic carbocycles. The summed E-state index contributed by atoms with van der Waals surface area (Å²) in [6.45, 7) is 4.48. The Bertz CT molecular complexity index is 581. The third-order valence-electron chi connectivity index (χ3n) is 3.19. The zero-order valence-corrected chi connectivity index (χ0v) is 12.2. The molecule has 0 bridgehead atoms. The summed E-state index contributed by atoms with van der Waals surface area (Å²) in [5, 5.41) is 7.22. The molecule has 0 unspecified atom stereocenters. The van der Waals surface area contributed by atoms with Crippen molar-refractivity contribution in [3.63, 3.8) is 0 Å². The topological polar surface area (TPSA) is 58.4 Å². The van der Waals surface area contributed by atoms with E-state index >= 15 is 0 Å². The van der Waals surface area contributed by atoms with Gasteiger partial charge in [0.05, 0.1) is 5.69 Å². The number of anilines is 1. The SMILES string of the molecule is Cc1noc(C)c1CNc1ccc(C(=O)N(C)C)cc1. The van der Waals surface area contributed by atoms with Gasteiger partial charge >= 0.3 is 0 Å². The Morgan fingerprint density at radius 3 is 2.40 bits per heavy atom. The molecule has 0 saturated carbocycles. The fourth-order valence-electron chi connectivity index (χ4n) is 1.93. The van der Waals surface area contributed by atoms with Gasteiger partial charge in [0.2, 0.25) is 0 Å². The summed E-state index contributed by atoms with van der Waals surface area (Å²) in [4.78, 5) is 13.3. The van der Waals surface area contributed by atoms with Crippen LogP contribution in [0.25, 0.3) is 0 Å². The molecule has 1 N–H and O–H groups in total. The lowest BCUT2D eigenvalue weighted by molar-refractivity contribution is 0.0827. The monoisotopic (exact) mass is 273 g/mol. The highest BCUT2D eigenvalue weighted by molar-refractivity contribution is 5.94. The molecule has 2 aromatic rings. The Balaban J connectivity index is 2.03. The smallest absolute Gasteiger partial charge is 0.253 e. The number of aromatic nitrogens is 1. The molecular formula is C15H19N3O2. The number of carbonyl (C=O) groups excluding carboxylic acids is 1. The number of aryl methyl sites for hydroxylation is 2. The normalized spacial score (nSPS) is 10.4. The molecule has 2 rings (SSSR count). The molecule has 0 atom stereocenters. The molecular weight excluding hydrogens is 254 g/mol. The van der Waals surface area contributed by atoms with Crippen LogP contribution in [-0.2, 0) is 6.54 Å². The average Bonchev–Trinajstić information content (AvgIpc) is 2.75. The van der Waals surface area contributed by atoms with Crippen molar-refractivity contribution in [1.82, 2.24) is 10.1 Å². The maximum Gasteiger partial charge on any atom is 0.253 e. The van der Waals surface area contributed by atoms with Crippen molar-refractivity contribution in [2.75, 3.05) is 19.4 Å². The molecule has 20 heavy (non-hydrogen) atoms. The molecule has 0 aliphatic rings.